The molecule has 0 bridgehead atoms. The number of rotatable bonds is 17. The molecule has 2 heterocycles. The Morgan fingerprint density at radius 3 is 2.26 bits per heavy atom. The number of hydrogen-bond donors (Lipinski definition) is 3. The van der Waals surface area contributed by atoms with E-state index in [1.165, 1.54) is 6.26 Å². The first-order valence-electron chi connectivity index (χ1n) is 20.9. The van der Waals surface area contributed by atoms with Crippen molar-refractivity contribution in [3.8, 4) is 46.0 Å². The number of benzene rings is 5. The van der Waals surface area contributed by atoms with Crippen LogP contribution in [0.25, 0.3) is 21.9 Å². The number of ether oxygens (including phenoxy) is 2. The average molecular weight is 856 g/mol. The summed E-state index contributed by atoms with van der Waals surface area (Å²) in [5.74, 6) is 6.24. The standard InChI is InChI=1S/C49H49N3O9S/c1-50-35(11-9-7-5-3-4-6-8-10-32-12-23-42-43(30-32)49(57)52(48(42)56)44-26-27-45(54)51-47(44)55)28-29-60-37-17-19-38(20-18-37)61-46-40(24-15-34-31-36(53)16-25-41(34)46)33-13-21-39(22-14-33)62(2,58)59/h12-25,30-31,35,44,50,53H,3-7,9,11,26-29H2,1-2H3,(H,51,54,55). The van der Waals surface area contributed by atoms with Crippen molar-refractivity contribution in [3.63, 3.8) is 0 Å². The number of carbonyl (C=O) groups is 4. The highest BCUT2D eigenvalue weighted by atomic mass is 32.2. The number of hydrogen-bond acceptors (Lipinski definition) is 10. The van der Waals surface area contributed by atoms with Gasteiger partial charge in [-0.1, -0.05) is 55.7 Å². The van der Waals surface area contributed by atoms with Crippen molar-refractivity contribution in [2.75, 3.05) is 19.9 Å². The van der Waals surface area contributed by atoms with Crippen LogP contribution in [0.4, 0.5) is 0 Å². The number of nitrogens with zero attached hydrogens (tertiary/aromatic N) is 1. The lowest BCUT2D eigenvalue weighted by molar-refractivity contribution is -0.136. The zero-order valence-electron chi connectivity index (χ0n) is 34.7. The summed E-state index contributed by atoms with van der Waals surface area (Å²) in [6.07, 6.45) is 9.31. The lowest BCUT2D eigenvalue weighted by Gasteiger charge is -2.27. The van der Waals surface area contributed by atoms with Crippen molar-refractivity contribution >= 4 is 44.2 Å². The Bertz CT molecular complexity index is 2670. The van der Waals surface area contributed by atoms with Crippen LogP contribution in [-0.2, 0) is 19.4 Å². The van der Waals surface area contributed by atoms with E-state index in [2.05, 4.69) is 22.5 Å². The zero-order valence-corrected chi connectivity index (χ0v) is 35.6. The van der Waals surface area contributed by atoms with E-state index >= 15 is 0 Å². The van der Waals surface area contributed by atoms with Gasteiger partial charge in [-0.15, -0.1) is 0 Å². The van der Waals surface area contributed by atoms with Crippen LogP contribution in [0.2, 0.25) is 0 Å². The first-order chi connectivity index (χ1) is 29.9. The maximum Gasteiger partial charge on any atom is 0.262 e. The number of unbranched alkanes of at least 4 members (excludes halogenated alkanes) is 5. The summed E-state index contributed by atoms with van der Waals surface area (Å²) in [5, 5.41) is 17.3. The number of nitrogens with one attached hydrogen (secondary N) is 2. The Kier molecular flexibility index (Phi) is 13.7. The quantitative estimate of drug-likeness (QED) is 0.0474. The molecule has 5 aromatic rings. The van der Waals surface area contributed by atoms with E-state index < -0.39 is 39.5 Å². The van der Waals surface area contributed by atoms with E-state index in [1.807, 2.05) is 43.4 Å². The molecule has 0 radical (unpaired) electrons. The van der Waals surface area contributed by atoms with Gasteiger partial charge >= 0.3 is 0 Å². The van der Waals surface area contributed by atoms with E-state index in [1.54, 1.807) is 60.7 Å². The van der Waals surface area contributed by atoms with E-state index in [0.29, 0.717) is 29.7 Å². The minimum absolute atomic E-state index is 0.0762. The van der Waals surface area contributed by atoms with Crippen molar-refractivity contribution < 1.29 is 42.2 Å². The van der Waals surface area contributed by atoms with Gasteiger partial charge in [0.1, 0.15) is 29.0 Å². The van der Waals surface area contributed by atoms with Crippen LogP contribution in [0.1, 0.15) is 90.5 Å². The number of phenols is 1. The minimum atomic E-state index is -3.34. The van der Waals surface area contributed by atoms with Gasteiger partial charge in [0, 0.05) is 41.7 Å². The molecule has 13 heteroatoms. The fraction of sp³-hybridized carbons (Fsp3) is 0.306. The van der Waals surface area contributed by atoms with Crippen molar-refractivity contribution in [1.29, 1.82) is 0 Å². The number of phenolic OH excluding ortho intramolecular Hbond substituents is 1. The van der Waals surface area contributed by atoms with Crippen molar-refractivity contribution in [3.05, 3.63) is 114 Å². The van der Waals surface area contributed by atoms with E-state index in [9.17, 15) is 32.7 Å². The first-order valence-corrected chi connectivity index (χ1v) is 22.8. The molecule has 0 aromatic heterocycles. The topological polar surface area (TPSA) is 168 Å². The van der Waals surface area contributed by atoms with Gasteiger partial charge in [-0.3, -0.25) is 29.4 Å². The van der Waals surface area contributed by atoms with Gasteiger partial charge in [-0.25, -0.2) is 8.42 Å². The van der Waals surface area contributed by atoms with Crippen LogP contribution >= 0.6 is 0 Å². The van der Waals surface area contributed by atoms with Gasteiger partial charge < -0.3 is 19.9 Å². The zero-order chi connectivity index (χ0) is 43.8. The molecule has 0 aliphatic carbocycles. The molecule has 2 unspecified atom stereocenters. The van der Waals surface area contributed by atoms with E-state index in [4.69, 9.17) is 9.47 Å². The second-order valence-electron chi connectivity index (χ2n) is 15.7. The van der Waals surface area contributed by atoms with E-state index in [-0.39, 0.29) is 34.6 Å². The number of piperidine rings is 1. The van der Waals surface area contributed by atoms with Crippen molar-refractivity contribution in [1.82, 2.24) is 15.5 Å². The largest absolute Gasteiger partial charge is 0.508 e. The molecular formula is C49H49N3O9S. The van der Waals surface area contributed by atoms with Gasteiger partial charge in [0.25, 0.3) is 11.8 Å². The lowest BCUT2D eigenvalue weighted by atomic mass is 9.99. The average Bonchev–Trinajstić information content (AvgIpc) is 3.50. The van der Waals surface area contributed by atoms with Crippen LogP contribution < -0.4 is 20.1 Å². The smallest absolute Gasteiger partial charge is 0.262 e. The lowest BCUT2D eigenvalue weighted by Crippen LogP contribution is -2.54. The summed E-state index contributed by atoms with van der Waals surface area (Å²) in [6.45, 7) is 0.553. The Balaban J connectivity index is 0.824. The third kappa shape index (κ3) is 10.3. The maximum absolute atomic E-state index is 13.1. The molecule has 1 saturated heterocycles. The molecule has 320 valence electrons. The Morgan fingerprint density at radius 1 is 0.806 bits per heavy atom. The number of carbonyl (C=O) groups excluding carboxylic acids is 4. The fourth-order valence-corrected chi connectivity index (χ4v) is 8.46. The molecular weight excluding hydrogens is 807 g/mol. The highest BCUT2D eigenvalue weighted by Gasteiger charge is 2.44. The highest BCUT2D eigenvalue weighted by Crippen LogP contribution is 2.41. The van der Waals surface area contributed by atoms with Gasteiger partial charge in [-0.2, -0.15) is 0 Å². The summed E-state index contributed by atoms with van der Waals surface area (Å²) in [4.78, 5) is 51.1. The van der Waals surface area contributed by atoms with Gasteiger partial charge in [0.15, 0.2) is 9.84 Å². The third-order valence-corrected chi connectivity index (χ3v) is 12.4. The molecule has 2 aliphatic heterocycles. The number of amides is 4. The summed E-state index contributed by atoms with van der Waals surface area (Å²) >= 11 is 0. The summed E-state index contributed by atoms with van der Waals surface area (Å²) in [5.41, 5.74) is 2.69. The fourth-order valence-electron chi connectivity index (χ4n) is 7.83. The van der Waals surface area contributed by atoms with Gasteiger partial charge in [-0.05, 0) is 123 Å². The van der Waals surface area contributed by atoms with Crippen LogP contribution in [0.3, 0.4) is 0 Å². The van der Waals surface area contributed by atoms with Crippen molar-refractivity contribution in [2.24, 2.45) is 0 Å². The molecule has 2 atom stereocenters. The van der Waals surface area contributed by atoms with Crippen LogP contribution in [0.5, 0.6) is 23.0 Å². The second-order valence-corrected chi connectivity index (χ2v) is 17.7. The summed E-state index contributed by atoms with van der Waals surface area (Å²) < 4.78 is 36.7. The molecule has 1 fully saturated rings. The maximum atomic E-state index is 13.1. The third-order valence-electron chi connectivity index (χ3n) is 11.3. The Labute approximate surface area is 361 Å². The SMILES string of the molecule is CNC(CCCCCCCC#Cc1ccc2c(c1)C(=O)N(C1CCC(=O)NC1=O)C2=O)CCOc1ccc(Oc2c(-c3ccc(S(C)(=O)=O)cc3)ccc3cc(O)ccc23)cc1. The summed E-state index contributed by atoms with van der Waals surface area (Å²) in [7, 11) is -1.37. The number of fused-ring (bicyclic) bond motifs is 2. The minimum Gasteiger partial charge on any atom is -0.508 e. The predicted octanol–water partition coefficient (Wildman–Crippen LogP) is 7.95. The monoisotopic (exact) mass is 855 g/mol. The van der Waals surface area contributed by atoms with E-state index in [0.717, 1.165) is 83.9 Å². The second kappa shape index (κ2) is 19.5. The molecule has 12 nitrogen and oxygen atoms in total. The van der Waals surface area contributed by atoms with Crippen LogP contribution in [0, 0.1) is 11.8 Å². The van der Waals surface area contributed by atoms with Gasteiger partial charge in [0.05, 0.1) is 22.6 Å². The van der Waals surface area contributed by atoms with Crippen LogP contribution in [0.15, 0.2) is 102 Å². The summed E-state index contributed by atoms with van der Waals surface area (Å²) in [6, 6.07) is 27.3. The number of aromatic hydroxyl groups is 1. The molecule has 0 saturated carbocycles. The predicted molar refractivity (Wildman–Crippen MR) is 236 cm³/mol. The molecule has 5 aromatic carbocycles. The Hall–Kier alpha value is -6.49. The molecule has 3 N–H and O–H groups in total. The number of sulfone groups is 1. The highest BCUT2D eigenvalue weighted by molar-refractivity contribution is 7.90. The molecule has 4 amide bonds. The molecule has 0 spiro atoms. The van der Waals surface area contributed by atoms with Crippen molar-refractivity contribution in [2.45, 2.75) is 81.2 Å². The van der Waals surface area contributed by atoms with Crippen LogP contribution in [-0.4, -0.2) is 74.0 Å². The first kappa shape index (κ1) is 43.6. The molecule has 62 heavy (non-hydrogen) atoms. The normalized spacial score (nSPS) is 15.5. The number of imide groups is 2. The molecule has 7 rings (SSSR count). The molecule has 2 aliphatic rings. The van der Waals surface area contributed by atoms with Gasteiger partial charge in [0.2, 0.25) is 11.8 Å². The Morgan fingerprint density at radius 2 is 1.52 bits per heavy atom.